The summed E-state index contributed by atoms with van der Waals surface area (Å²) in [4.78, 5) is 15.9. The van der Waals surface area contributed by atoms with Gasteiger partial charge in [-0.2, -0.15) is 0 Å². The third-order valence-corrected chi connectivity index (χ3v) is 2.70. The van der Waals surface area contributed by atoms with E-state index in [9.17, 15) is 4.79 Å². The van der Waals surface area contributed by atoms with Gasteiger partial charge >= 0.3 is 6.09 Å². The van der Waals surface area contributed by atoms with Crippen molar-refractivity contribution in [2.45, 2.75) is 32.8 Å². The van der Waals surface area contributed by atoms with E-state index in [1.807, 2.05) is 20.8 Å². The van der Waals surface area contributed by atoms with Gasteiger partial charge in [0.05, 0.1) is 0 Å². The summed E-state index contributed by atoms with van der Waals surface area (Å²) in [7, 11) is 0. The Balaban J connectivity index is 2.29. The van der Waals surface area contributed by atoms with Crippen LogP contribution < -0.4 is 5.73 Å². The highest BCUT2D eigenvalue weighted by atomic mass is 16.6. The fourth-order valence-corrected chi connectivity index (χ4v) is 1.80. The Labute approximate surface area is 104 Å². The highest BCUT2D eigenvalue weighted by Gasteiger charge is 2.25. The minimum Gasteiger partial charge on any atom is -0.444 e. The minimum atomic E-state index is -0.409. The molecular formula is C12H25N3O2. The second-order valence-corrected chi connectivity index (χ2v) is 5.45. The predicted octanol–water partition coefficient (Wildman–Crippen LogP) is 0.888. The van der Waals surface area contributed by atoms with Crippen LogP contribution >= 0.6 is 0 Å². The lowest BCUT2D eigenvalue weighted by molar-refractivity contribution is 0.0145. The molecule has 17 heavy (non-hydrogen) atoms. The molecule has 0 spiro atoms. The smallest absolute Gasteiger partial charge is 0.410 e. The van der Waals surface area contributed by atoms with Gasteiger partial charge in [0.15, 0.2) is 0 Å². The van der Waals surface area contributed by atoms with Gasteiger partial charge in [-0.15, -0.1) is 0 Å². The quantitative estimate of drug-likeness (QED) is 0.799. The van der Waals surface area contributed by atoms with Crippen LogP contribution in [0.5, 0.6) is 0 Å². The third-order valence-electron chi connectivity index (χ3n) is 2.70. The van der Waals surface area contributed by atoms with Gasteiger partial charge in [-0.3, -0.25) is 4.90 Å². The zero-order valence-electron chi connectivity index (χ0n) is 11.2. The standard InChI is InChI=1S/C12H25N3O2/c1-12(2,3)17-11(16)15-9-7-14(8-10-15)6-4-5-13/h4-10,13H2,1-3H3. The highest BCUT2D eigenvalue weighted by molar-refractivity contribution is 5.68. The number of nitrogens with two attached hydrogens (primary N) is 1. The first kappa shape index (κ1) is 14.3. The summed E-state index contributed by atoms with van der Waals surface area (Å²) < 4.78 is 5.34. The summed E-state index contributed by atoms with van der Waals surface area (Å²) in [6.07, 6.45) is 0.822. The summed E-state index contributed by atoms with van der Waals surface area (Å²) in [6.45, 7) is 10.8. The first-order chi connectivity index (χ1) is 7.92. The van der Waals surface area contributed by atoms with Crippen molar-refractivity contribution in [1.29, 1.82) is 0 Å². The minimum absolute atomic E-state index is 0.198. The average Bonchev–Trinajstić information content (AvgIpc) is 2.24. The average molecular weight is 243 g/mol. The van der Waals surface area contributed by atoms with E-state index in [0.717, 1.165) is 45.7 Å². The molecule has 100 valence electrons. The van der Waals surface area contributed by atoms with Gasteiger partial charge in [-0.05, 0) is 40.3 Å². The van der Waals surface area contributed by atoms with Crippen molar-refractivity contribution in [2.75, 3.05) is 39.3 Å². The van der Waals surface area contributed by atoms with Crippen LogP contribution in [-0.2, 0) is 4.74 Å². The van der Waals surface area contributed by atoms with Crippen LogP contribution in [0.1, 0.15) is 27.2 Å². The lowest BCUT2D eigenvalue weighted by atomic mass is 10.2. The molecule has 0 radical (unpaired) electrons. The Hall–Kier alpha value is -0.810. The number of carbonyl (C=O) groups is 1. The van der Waals surface area contributed by atoms with Crippen molar-refractivity contribution >= 4 is 6.09 Å². The Morgan fingerprint density at radius 3 is 2.29 bits per heavy atom. The number of rotatable bonds is 3. The topological polar surface area (TPSA) is 58.8 Å². The molecule has 1 fully saturated rings. The number of amides is 1. The van der Waals surface area contributed by atoms with Crippen LogP contribution in [0.4, 0.5) is 4.79 Å². The van der Waals surface area contributed by atoms with Gasteiger partial charge in [0.1, 0.15) is 5.60 Å². The van der Waals surface area contributed by atoms with Gasteiger partial charge in [0, 0.05) is 26.2 Å². The molecule has 5 nitrogen and oxygen atoms in total. The molecule has 1 rings (SSSR count). The third kappa shape index (κ3) is 5.37. The van der Waals surface area contributed by atoms with Crippen LogP contribution in [0.2, 0.25) is 0 Å². The predicted molar refractivity (Wildman–Crippen MR) is 67.9 cm³/mol. The van der Waals surface area contributed by atoms with Crippen molar-refractivity contribution < 1.29 is 9.53 Å². The van der Waals surface area contributed by atoms with E-state index < -0.39 is 5.60 Å². The molecule has 1 aliphatic heterocycles. The highest BCUT2D eigenvalue weighted by Crippen LogP contribution is 2.11. The first-order valence-electron chi connectivity index (χ1n) is 6.33. The maximum absolute atomic E-state index is 11.8. The van der Waals surface area contributed by atoms with Crippen molar-refractivity contribution in [2.24, 2.45) is 5.73 Å². The van der Waals surface area contributed by atoms with E-state index in [1.54, 1.807) is 4.90 Å². The van der Waals surface area contributed by atoms with Gasteiger partial charge in [-0.1, -0.05) is 0 Å². The molecular weight excluding hydrogens is 218 g/mol. The SMILES string of the molecule is CC(C)(C)OC(=O)N1CCN(CCCN)CC1. The monoisotopic (exact) mass is 243 g/mol. The Morgan fingerprint density at radius 1 is 1.24 bits per heavy atom. The molecule has 5 heteroatoms. The van der Waals surface area contributed by atoms with Gasteiger partial charge in [0.2, 0.25) is 0 Å². The fourth-order valence-electron chi connectivity index (χ4n) is 1.80. The summed E-state index contributed by atoms with van der Waals surface area (Å²) in [5.74, 6) is 0. The molecule has 0 aliphatic carbocycles. The van der Waals surface area contributed by atoms with Crippen LogP contribution in [-0.4, -0.2) is 60.8 Å². The van der Waals surface area contributed by atoms with Gasteiger partial charge in [0.25, 0.3) is 0 Å². The van der Waals surface area contributed by atoms with Crippen molar-refractivity contribution in [1.82, 2.24) is 9.80 Å². The van der Waals surface area contributed by atoms with Gasteiger partial charge in [-0.25, -0.2) is 4.79 Å². The molecule has 0 atom stereocenters. The number of ether oxygens (including phenoxy) is 1. The largest absolute Gasteiger partial charge is 0.444 e. The molecule has 0 aromatic carbocycles. The van der Waals surface area contributed by atoms with Crippen molar-refractivity contribution in [3.63, 3.8) is 0 Å². The Morgan fingerprint density at radius 2 is 1.82 bits per heavy atom. The number of hydrogen-bond donors (Lipinski definition) is 1. The van der Waals surface area contributed by atoms with E-state index in [2.05, 4.69) is 4.90 Å². The fraction of sp³-hybridized carbons (Fsp3) is 0.917. The lowest BCUT2D eigenvalue weighted by Crippen LogP contribution is -2.50. The number of nitrogens with zero attached hydrogens (tertiary/aromatic N) is 2. The molecule has 0 saturated carbocycles. The summed E-state index contributed by atoms with van der Waals surface area (Å²) >= 11 is 0. The molecule has 1 saturated heterocycles. The van der Waals surface area contributed by atoms with Crippen LogP contribution in [0.3, 0.4) is 0 Å². The first-order valence-corrected chi connectivity index (χ1v) is 6.33. The van der Waals surface area contributed by atoms with Crippen LogP contribution in [0.25, 0.3) is 0 Å². The zero-order chi connectivity index (χ0) is 12.9. The number of hydrogen-bond acceptors (Lipinski definition) is 4. The van der Waals surface area contributed by atoms with Crippen molar-refractivity contribution in [3.05, 3.63) is 0 Å². The second-order valence-electron chi connectivity index (χ2n) is 5.45. The maximum Gasteiger partial charge on any atom is 0.410 e. The Bertz CT molecular complexity index is 243. The molecule has 0 aromatic rings. The molecule has 0 bridgehead atoms. The molecule has 0 unspecified atom stereocenters. The lowest BCUT2D eigenvalue weighted by Gasteiger charge is -2.35. The van der Waals surface area contributed by atoms with E-state index in [4.69, 9.17) is 10.5 Å². The second kappa shape index (κ2) is 6.21. The molecule has 0 aromatic heterocycles. The summed E-state index contributed by atoms with van der Waals surface area (Å²) in [5.41, 5.74) is 5.07. The van der Waals surface area contributed by atoms with E-state index in [1.165, 1.54) is 0 Å². The van der Waals surface area contributed by atoms with E-state index in [0.29, 0.717) is 0 Å². The number of carbonyl (C=O) groups excluding carboxylic acids is 1. The van der Waals surface area contributed by atoms with E-state index in [-0.39, 0.29) is 6.09 Å². The number of piperazine rings is 1. The normalized spacial score (nSPS) is 18.2. The molecule has 1 aliphatic rings. The summed E-state index contributed by atoms with van der Waals surface area (Å²) in [6, 6.07) is 0. The maximum atomic E-state index is 11.8. The van der Waals surface area contributed by atoms with Crippen LogP contribution in [0, 0.1) is 0 Å². The van der Waals surface area contributed by atoms with Crippen molar-refractivity contribution in [3.8, 4) is 0 Å². The molecule has 1 amide bonds. The zero-order valence-corrected chi connectivity index (χ0v) is 11.2. The van der Waals surface area contributed by atoms with Crippen LogP contribution in [0.15, 0.2) is 0 Å². The van der Waals surface area contributed by atoms with Gasteiger partial charge < -0.3 is 15.4 Å². The molecule has 2 N–H and O–H groups in total. The molecule has 1 heterocycles. The summed E-state index contributed by atoms with van der Waals surface area (Å²) in [5, 5.41) is 0. The Kier molecular flexibility index (Phi) is 5.21. The van der Waals surface area contributed by atoms with E-state index >= 15 is 0 Å².